The summed E-state index contributed by atoms with van der Waals surface area (Å²) in [5, 5.41) is 10.9. The average molecular weight is 327 g/mol. The second kappa shape index (κ2) is 5.31. The van der Waals surface area contributed by atoms with Crippen LogP contribution in [0, 0.1) is 15.9 Å². The molecule has 1 heterocycles. The van der Waals surface area contributed by atoms with Gasteiger partial charge in [-0.25, -0.2) is 4.39 Å². The van der Waals surface area contributed by atoms with Crippen molar-refractivity contribution in [3.8, 4) is 0 Å². The summed E-state index contributed by atoms with van der Waals surface area (Å²) in [7, 11) is 0. The lowest BCUT2D eigenvalue weighted by Gasteiger charge is -2.07. The normalized spacial score (nSPS) is 10.4. The summed E-state index contributed by atoms with van der Waals surface area (Å²) in [4.78, 5) is 21.9. The van der Waals surface area contributed by atoms with Gasteiger partial charge in [0.15, 0.2) is 0 Å². The molecule has 0 N–H and O–H groups in total. The molecule has 1 aromatic carbocycles. The fourth-order valence-corrected chi connectivity index (χ4v) is 2.05. The van der Waals surface area contributed by atoms with Crippen LogP contribution in [0.4, 0.5) is 10.1 Å². The first-order valence-corrected chi connectivity index (χ1v) is 6.05. The zero-order valence-corrected chi connectivity index (χ0v) is 11.1. The smallest absolute Gasteiger partial charge is 0.274 e. The fourth-order valence-electron chi connectivity index (χ4n) is 1.67. The van der Waals surface area contributed by atoms with E-state index in [4.69, 9.17) is 0 Å². The molecule has 0 radical (unpaired) electrons. The number of halogens is 2. The molecule has 0 saturated carbocycles. The van der Waals surface area contributed by atoms with E-state index in [1.165, 1.54) is 16.8 Å². The van der Waals surface area contributed by atoms with Crippen molar-refractivity contribution in [1.82, 2.24) is 4.57 Å². The van der Waals surface area contributed by atoms with E-state index in [1.54, 1.807) is 6.07 Å². The first kappa shape index (κ1) is 13.4. The molecule has 0 unspecified atom stereocenters. The summed E-state index contributed by atoms with van der Waals surface area (Å²) in [6.45, 7) is -0.0631. The number of pyridine rings is 1. The Labute approximate surface area is 115 Å². The van der Waals surface area contributed by atoms with E-state index >= 15 is 0 Å². The Balaban J connectivity index is 2.48. The van der Waals surface area contributed by atoms with Crippen molar-refractivity contribution < 1.29 is 9.31 Å². The third-order valence-corrected chi connectivity index (χ3v) is 3.00. The zero-order valence-electron chi connectivity index (χ0n) is 9.55. The predicted octanol–water partition coefficient (Wildman–Crippen LogP) is 2.71. The highest BCUT2D eigenvalue weighted by Gasteiger charge is 2.15. The highest BCUT2D eigenvalue weighted by molar-refractivity contribution is 9.10. The van der Waals surface area contributed by atoms with Crippen molar-refractivity contribution in [2.24, 2.45) is 0 Å². The molecule has 0 spiro atoms. The molecule has 7 heteroatoms. The van der Waals surface area contributed by atoms with Crippen LogP contribution in [0.25, 0.3) is 0 Å². The minimum absolute atomic E-state index is 0.0631. The van der Waals surface area contributed by atoms with Gasteiger partial charge in [-0.15, -0.1) is 0 Å². The summed E-state index contributed by atoms with van der Waals surface area (Å²) in [6.07, 6.45) is 1.50. The second-order valence-corrected chi connectivity index (χ2v) is 4.76. The standard InChI is InChI=1S/C12H8BrFN2O3/c13-9-1-4-12(17)15(7-9)6-8-5-10(14)2-3-11(8)16(18)19/h1-5,7H,6H2. The fraction of sp³-hybridized carbons (Fsp3) is 0.0833. The molecule has 2 aromatic rings. The van der Waals surface area contributed by atoms with Gasteiger partial charge < -0.3 is 4.57 Å². The van der Waals surface area contributed by atoms with Crippen molar-refractivity contribution in [1.29, 1.82) is 0 Å². The highest BCUT2D eigenvalue weighted by Crippen LogP contribution is 2.20. The van der Waals surface area contributed by atoms with E-state index in [0.717, 1.165) is 18.2 Å². The number of nitrogens with zero attached hydrogens (tertiary/aromatic N) is 2. The Hall–Kier alpha value is -2.02. The van der Waals surface area contributed by atoms with Crippen LogP contribution in [0.2, 0.25) is 0 Å². The second-order valence-electron chi connectivity index (χ2n) is 3.84. The number of rotatable bonds is 3. The van der Waals surface area contributed by atoms with E-state index in [-0.39, 0.29) is 23.4 Å². The maximum Gasteiger partial charge on any atom is 0.274 e. The molecule has 19 heavy (non-hydrogen) atoms. The van der Waals surface area contributed by atoms with E-state index in [2.05, 4.69) is 15.9 Å². The number of benzene rings is 1. The molecule has 2 rings (SSSR count). The molecule has 0 atom stereocenters. The van der Waals surface area contributed by atoms with Gasteiger partial charge in [-0.05, 0) is 34.1 Å². The van der Waals surface area contributed by atoms with Gasteiger partial charge in [-0.2, -0.15) is 0 Å². The molecule has 0 saturated heterocycles. The SMILES string of the molecule is O=c1ccc(Br)cn1Cc1cc(F)ccc1[N+](=O)[O-]. The molecule has 0 aliphatic carbocycles. The maximum absolute atomic E-state index is 13.2. The Morgan fingerprint density at radius 1 is 1.32 bits per heavy atom. The van der Waals surface area contributed by atoms with Crippen LogP contribution in [-0.2, 0) is 6.54 Å². The summed E-state index contributed by atoms with van der Waals surface area (Å²) >= 11 is 3.20. The van der Waals surface area contributed by atoms with E-state index in [1.807, 2.05) is 0 Å². The maximum atomic E-state index is 13.2. The van der Waals surface area contributed by atoms with Crippen molar-refractivity contribution in [3.63, 3.8) is 0 Å². The third kappa shape index (κ3) is 3.05. The van der Waals surface area contributed by atoms with Crippen LogP contribution in [0.15, 0.2) is 45.8 Å². The summed E-state index contributed by atoms with van der Waals surface area (Å²) in [6, 6.07) is 6.07. The lowest BCUT2D eigenvalue weighted by molar-refractivity contribution is -0.385. The van der Waals surface area contributed by atoms with Gasteiger partial charge in [0.05, 0.1) is 17.0 Å². The van der Waals surface area contributed by atoms with E-state index in [9.17, 15) is 19.3 Å². The number of aromatic nitrogens is 1. The Kier molecular flexibility index (Phi) is 3.75. The van der Waals surface area contributed by atoms with E-state index < -0.39 is 10.7 Å². The van der Waals surface area contributed by atoms with Gasteiger partial charge in [0.1, 0.15) is 5.82 Å². The topological polar surface area (TPSA) is 65.1 Å². The molecular weight excluding hydrogens is 319 g/mol. The lowest BCUT2D eigenvalue weighted by atomic mass is 10.1. The number of hydrogen-bond donors (Lipinski definition) is 0. The van der Waals surface area contributed by atoms with Gasteiger partial charge in [0, 0.05) is 22.8 Å². The number of nitro groups is 1. The number of hydrogen-bond acceptors (Lipinski definition) is 3. The Morgan fingerprint density at radius 2 is 2.05 bits per heavy atom. The minimum atomic E-state index is -0.599. The molecule has 1 aromatic heterocycles. The Bertz CT molecular complexity index is 700. The van der Waals surface area contributed by atoms with Gasteiger partial charge >= 0.3 is 0 Å². The molecule has 5 nitrogen and oxygen atoms in total. The van der Waals surface area contributed by atoms with Crippen molar-refractivity contribution in [2.45, 2.75) is 6.54 Å². The van der Waals surface area contributed by atoms with Crippen LogP contribution >= 0.6 is 15.9 Å². The van der Waals surface area contributed by atoms with E-state index in [0.29, 0.717) is 4.47 Å². The lowest BCUT2D eigenvalue weighted by Crippen LogP contribution is -2.19. The summed E-state index contributed by atoms with van der Waals surface area (Å²) in [5.74, 6) is -0.580. The summed E-state index contributed by atoms with van der Waals surface area (Å²) < 4.78 is 15.1. The predicted molar refractivity (Wildman–Crippen MR) is 70.6 cm³/mol. The van der Waals surface area contributed by atoms with Gasteiger partial charge in [0.2, 0.25) is 0 Å². The van der Waals surface area contributed by atoms with Crippen molar-refractivity contribution in [3.05, 3.63) is 72.9 Å². The Morgan fingerprint density at radius 3 is 2.74 bits per heavy atom. The zero-order chi connectivity index (χ0) is 14.0. The molecule has 0 bridgehead atoms. The van der Waals surface area contributed by atoms with Crippen LogP contribution in [0.5, 0.6) is 0 Å². The first-order valence-electron chi connectivity index (χ1n) is 5.26. The van der Waals surface area contributed by atoms with Crippen LogP contribution in [-0.4, -0.2) is 9.49 Å². The highest BCUT2D eigenvalue weighted by atomic mass is 79.9. The molecule has 98 valence electrons. The number of nitro benzene ring substituents is 1. The average Bonchev–Trinajstić information content (AvgIpc) is 2.33. The molecule has 0 fully saturated rings. The van der Waals surface area contributed by atoms with Crippen LogP contribution in [0.3, 0.4) is 0 Å². The molecule has 0 aliphatic rings. The first-order chi connectivity index (χ1) is 8.97. The molecule has 0 amide bonds. The van der Waals surface area contributed by atoms with Gasteiger partial charge in [0.25, 0.3) is 11.2 Å². The van der Waals surface area contributed by atoms with Gasteiger partial charge in [-0.3, -0.25) is 14.9 Å². The van der Waals surface area contributed by atoms with Gasteiger partial charge in [-0.1, -0.05) is 0 Å². The van der Waals surface area contributed by atoms with Crippen molar-refractivity contribution in [2.75, 3.05) is 0 Å². The quantitative estimate of drug-likeness (QED) is 0.643. The monoisotopic (exact) mass is 326 g/mol. The molecular formula is C12H8BrFN2O3. The van der Waals surface area contributed by atoms with Crippen LogP contribution < -0.4 is 5.56 Å². The molecule has 0 aliphatic heterocycles. The van der Waals surface area contributed by atoms with Crippen molar-refractivity contribution >= 4 is 21.6 Å². The minimum Gasteiger partial charge on any atom is -0.310 e. The largest absolute Gasteiger partial charge is 0.310 e. The summed E-state index contributed by atoms with van der Waals surface area (Å²) in [5.41, 5.74) is -0.389. The third-order valence-electron chi connectivity index (χ3n) is 2.53. The van der Waals surface area contributed by atoms with Crippen LogP contribution in [0.1, 0.15) is 5.56 Å².